The third kappa shape index (κ3) is 4.61. The summed E-state index contributed by atoms with van der Waals surface area (Å²) < 4.78 is 53.4. The summed E-state index contributed by atoms with van der Waals surface area (Å²) >= 11 is 0. The van der Waals surface area contributed by atoms with Gasteiger partial charge in [-0.2, -0.15) is 0 Å². The standard InChI is InChI=1S/C26H16F3N3O4/c27-15-3-1-2-14(6-15)12-35-23-5-4-16(7-20(23)29)32-26-18-8-17(19(28)9-21(18)30-13-31-26)24-10-22(34)25(11-33)36-24/h1-11,13,25H,12H2,(H,30,31,32). The molecule has 5 rings (SSSR count). The summed E-state index contributed by atoms with van der Waals surface area (Å²) in [6, 6.07) is 12.5. The first kappa shape index (κ1) is 23.0. The Kier molecular flexibility index (Phi) is 6.07. The summed E-state index contributed by atoms with van der Waals surface area (Å²) in [5.74, 6) is -2.24. The Bertz CT molecular complexity index is 1540. The van der Waals surface area contributed by atoms with E-state index in [4.69, 9.17) is 9.47 Å². The minimum absolute atomic E-state index is 0.0161. The van der Waals surface area contributed by atoms with Gasteiger partial charge in [-0.15, -0.1) is 0 Å². The molecule has 1 aliphatic heterocycles. The van der Waals surface area contributed by atoms with Crippen LogP contribution in [0.5, 0.6) is 5.75 Å². The van der Waals surface area contributed by atoms with E-state index in [0.717, 1.165) is 12.1 Å². The second kappa shape index (κ2) is 9.49. The summed E-state index contributed by atoms with van der Waals surface area (Å²) in [4.78, 5) is 31.0. The van der Waals surface area contributed by atoms with E-state index in [0.29, 0.717) is 22.9 Å². The minimum atomic E-state index is -1.32. The molecule has 180 valence electrons. The molecule has 1 N–H and O–H groups in total. The van der Waals surface area contributed by atoms with Crippen LogP contribution < -0.4 is 10.1 Å². The van der Waals surface area contributed by atoms with Gasteiger partial charge in [0.1, 0.15) is 36.1 Å². The Morgan fingerprint density at radius 2 is 1.89 bits per heavy atom. The van der Waals surface area contributed by atoms with Crippen LogP contribution in [0, 0.1) is 17.5 Å². The number of carbonyl (C=O) groups excluding carboxylic acids is 2. The topological polar surface area (TPSA) is 90.4 Å². The number of aldehydes is 1. The van der Waals surface area contributed by atoms with Gasteiger partial charge in [0.15, 0.2) is 17.9 Å². The van der Waals surface area contributed by atoms with Crippen molar-refractivity contribution in [3.63, 3.8) is 0 Å². The first-order valence-corrected chi connectivity index (χ1v) is 10.7. The van der Waals surface area contributed by atoms with Gasteiger partial charge in [-0.05, 0) is 35.9 Å². The van der Waals surface area contributed by atoms with Gasteiger partial charge in [-0.3, -0.25) is 9.59 Å². The number of hydrogen-bond acceptors (Lipinski definition) is 7. The smallest absolute Gasteiger partial charge is 0.215 e. The van der Waals surface area contributed by atoms with Gasteiger partial charge in [0.05, 0.1) is 11.1 Å². The predicted molar refractivity (Wildman–Crippen MR) is 124 cm³/mol. The lowest BCUT2D eigenvalue weighted by molar-refractivity contribution is -0.126. The molecule has 0 bridgehead atoms. The van der Waals surface area contributed by atoms with Crippen molar-refractivity contribution >= 4 is 40.2 Å². The highest BCUT2D eigenvalue weighted by Gasteiger charge is 2.29. The van der Waals surface area contributed by atoms with E-state index in [1.807, 2.05) is 0 Å². The number of anilines is 2. The van der Waals surface area contributed by atoms with Crippen molar-refractivity contribution in [2.24, 2.45) is 0 Å². The van der Waals surface area contributed by atoms with Crippen molar-refractivity contribution in [3.8, 4) is 5.75 Å². The molecule has 1 atom stereocenters. The Morgan fingerprint density at radius 3 is 2.64 bits per heavy atom. The molecule has 0 saturated heterocycles. The molecule has 0 aliphatic carbocycles. The second-order valence-corrected chi connectivity index (χ2v) is 7.85. The molecule has 0 saturated carbocycles. The highest BCUT2D eigenvalue weighted by molar-refractivity contribution is 6.10. The molecule has 0 spiro atoms. The van der Waals surface area contributed by atoms with Gasteiger partial charge in [0.25, 0.3) is 0 Å². The van der Waals surface area contributed by atoms with Crippen LogP contribution in [-0.4, -0.2) is 28.1 Å². The zero-order valence-corrected chi connectivity index (χ0v) is 18.4. The normalized spacial score (nSPS) is 14.9. The Hall–Kier alpha value is -4.73. The van der Waals surface area contributed by atoms with Gasteiger partial charge < -0.3 is 14.8 Å². The molecule has 0 fully saturated rings. The summed E-state index contributed by atoms with van der Waals surface area (Å²) in [6.07, 6.45) is 1.29. The van der Waals surface area contributed by atoms with Crippen molar-refractivity contribution in [1.82, 2.24) is 9.97 Å². The monoisotopic (exact) mass is 491 g/mol. The van der Waals surface area contributed by atoms with Crippen molar-refractivity contribution in [3.05, 3.63) is 95.6 Å². The van der Waals surface area contributed by atoms with Crippen LogP contribution in [0.1, 0.15) is 11.1 Å². The zero-order chi connectivity index (χ0) is 25.2. The number of aromatic nitrogens is 2. The maximum Gasteiger partial charge on any atom is 0.215 e. The number of carbonyl (C=O) groups is 2. The number of fused-ring (bicyclic) bond motifs is 1. The van der Waals surface area contributed by atoms with E-state index >= 15 is 0 Å². The quantitative estimate of drug-likeness (QED) is 0.291. The highest BCUT2D eigenvalue weighted by atomic mass is 19.1. The number of nitrogens with one attached hydrogen (secondary N) is 1. The van der Waals surface area contributed by atoms with Gasteiger partial charge in [0.2, 0.25) is 11.9 Å². The second-order valence-electron chi connectivity index (χ2n) is 7.85. The number of halogens is 3. The molecule has 1 unspecified atom stereocenters. The maximum absolute atomic E-state index is 14.7. The largest absolute Gasteiger partial charge is 0.486 e. The fourth-order valence-electron chi connectivity index (χ4n) is 3.66. The predicted octanol–water partition coefficient (Wildman–Crippen LogP) is 4.88. The van der Waals surface area contributed by atoms with Crippen LogP contribution >= 0.6 is 0 Å². The van der Waals surface area contributed by atoms with Crippen molar-refractivity contribution in [1.29, 1.82) is 0 Å². The molecule has 3 aromatic carbocycles. The molecule has 0 radical (unpaired) electrons. The van der Waals surface area contributed by atoms with E-state index in [1.54, 1.807) is 12.1 Å². The molecule has 36 heavy (non-hydrogen) atoms. The van der Waals surface area contributed by atoms with Gasteiger partial charge in [-0.1, -0.05) is 12.1 Å². The fraction of sp³-hybridized carbons (Fsp3) is 0.0769. The molecular formula is C26H16F3N3O4. The van der Waals surface area contributed by atoms with Gasteiger partial charge >= 0.3 is 0 Å². The van der Waals surface area contributed by atoms with Crippen LogP contribution in [-0.2, 0) is 20.9 Å². The molecule has 10 heteroatoms. The van der Waals surface area contributed by atoms with Gasteiger partial charge in [-0.25, -0.2) is 23.1 Å². The molecule has 1 aliphatic rings. The average Bonchev–Trinajstić information content (AvgIpc) is 3.23. The van der Waals surface area contributed by atoms with Crippen LogP contribution in [0.15, 0.2) is 67.0 Å². The first-order valence-electron chi connectivity index (χ1n) is 10.7. The van der Waals surface area contributed by atoms with E-state index in [-0.39, 0.29) is 35.0 Å². The average molecular weight is 491 g/mol. The molecular weight excluding hydrogens is 475 g/mol. The van der Waals surface area contributed by atoms with E-state index < -0.39 is 29.3 Å². The van der Waals surface area contributed by atoms with E-state index in [9.17, 15) is 22.8 Å². The van der Waals surface area contributed by atoms with Crippen LogP contribution in [0.4, 0.5) is 24.7 Å². The summed E-state index contributed by atoms with van der Waals surface area (Å²) in [5.41, 5.74) is 1.07. The molecule has 1 aromatic heterocycles. The van der Waals surface area contributed by atoms with Crippen molar-refractivity contribution in [2.45, 2.75) is 12.7 Å². The lowest BCUT2D eigenvalue weighted by atomic mass is 10.1. The lowest BCUT2D eigenvalue weighted by Gasteiger charge is -2.13. The number of nitrogens with zero attached hydrogens (tertiary/aromatic N) is 2. The first-order chi connectivity index (χ1) is 17.4. The Balaban J connectivity index is 1.40. The third-order valence-corrected chi connectivity index (χ3v) is 5.40. The van der Waals surface area contributed by atoms with Crippen molar-refractivity contribution in [2.75, 3.05) is 5.32 Å². The summed E-state index contributed by atoms with van der Waals surface area (Å²) in [5, 5.41) is 3.33. The third-order valence-electron chi connectivity index (χ3n) is 5.40. The Morgan fingerprint density at radius 1 is 1.03 bits per heavy atom. The number of hydrogen-bond donors (Lipinski definition) is 1. The summed E-state index contributed by atoms with van der Waals surface area (Å²) in [6.45, 7) is -0.0161. The SMILES string of the molecule is O=CC1OC(c2cc3c(Nc4ccc(OCc5cccc(F)c5)c(F)c4)ncnc3cc2F)=CC1=O. The van der Waals surface area contributed by atoms with E-state index in [2.05, 4.69) is 15.3 Å². The molecule has 7 nitrogen and oxygen atoms in total. The Labute approximate surface area is 202 Å². The molecule has 4 aromatic rings. The maximum atomic E-state index is 14.7. The lowest BCUT2D eigenvalue weighted by Crippen LogP contribution is -2.17. The van der Waals surface area contributed by atoms with E-state index in [1.165, 1.54) is 42.7 Å². The van der Waals surface area contributed by atoms with Gasteiger partial charge in [0, 0.05) is 29.3 Å². The van der Waals surface area contributed by atoms with Crippen LogP contribution in [0.3, 0.4) is 0 Å². The molecule has 2 heterocycles. The number of benzene rings is 3. The van der Waals surface area contributed by atoms with Crippen LogP contribution in [0.25, 0.3) is 16.7 Å². The number of ether oxygens (including phenoxy) is 2. The highest BCUT2D eigenvalue weighted by Crippen LogP contribution is 2.32. The zero-order valence-electron chi connectivity index (χ0n) is 18.4. The number of ketones is 1. The molecule has 0 amide bonds. The summed E-state index contributed by atoms with van der Waals surface area (Å²) in [7, 11) is 0. The van der Waals surface area contributed by atoms with Crippen molar-refractivity contribution < 1.29 is 32.2 Å². The fourth-order valence-corrected chi connectivity index (χ4v) is 3.66. The number of rotatable bonds is 7. The van der Waals surface area contributed by atoms with Crippen LogP contribution in [0.2, 0.25) is 0 Å². The minimum Gasteiger partial charge on any atom is -0.486 e.